The van der Waals surface area contributed by atoms with Crippen LogP contribution in [-0.2, 0) is 9.63 Å². The van der Waals surface area contributed by atoms with Crippen LogP contribution in [-0.4, -0.2) is 22.4 Å². The van der Waals surface area contributed by atoms with Gasteiger partial charge in [0.25, 0.3) is 0 Å². The van der Waals surface area contributed by atoms with E-state index < -0.39 is 12.1 Å². The minimum Gasteiger partial charge on any atom is -0.383 e. The summed E-state index contributed by atoms with van der Waals surface area (Å²) < 4.78 is 16.6. The number of hydrogen-bond donors (Lipinski definition) is 1. The van der Waals surface area contributed by atoms with E-state index >= 15 is 0 Å². The van der Waals surface area contributed by atoms with Gasteiger partial charge in [-0.25, -0.2) is 4.39 Å². The first-order chi connectivity index (χ1) is 6.65. The number of rotatable bonds is 3. The Morgan fingerprint density at radius 1 is 1.79 bits per heavy atom. The first-order valence-electron chi connectivity index (χ1n) is 3.36. The van der Waals surface area contributed by atoms with Gasteiger partial charge in [0.1, 0.15) is 7.11 Å². The van der Waals surface area contributed by atoms with Crippen molar-refractivity contribution in [2.24, 2.45) is 10.4 Å². The van der Waals surface area contributed by atoms with E-state index in [2.05, 4.69) is 24.6 Å². The van der Waals surface area contributed by atoms with Gasteiger partial charge in [-0.15, -0.1) is 0 Å². The summed E-state index contributed by atoms with van der Waals surface area (Å²) in [5.41, 5.74) is 5.20. The van der Waals surface area contributed by atoms with Crippen molar-refractivity contribution < 1.29 is 14.0 Å². The number of carbonyl (C=O) groups is 1. The van der Waals surface area contributed by atoms with Crippen LogP contribution in [0.1, 0.15) is 12.0 Å². The van der Waals surface area contributed by atoms with Gasteiger partial charge in [-0.1, -0.05) is 5.11 Å². The molecular formula is C5H6FN5O2S. The molecule has 14 heavy (non-hydrogen) atoms. The molecule has 9 heteroatoms. The van der Waals surface area contributed by atoms with E-state index in [1.54, 1.807) is 0 Å². The highest BCUT2D eigenvalue weighted by atomic mass is 32.1. The van der Waals surface area contributed by atoms with Crippen molar-refractivity contribution in [1.29, 1.82) is 0 Å². The van der Waals surface area contributed by atoms with E-state index in [9.17, 15) is 9.18 Å². The molecule has 0 aliphatic heterocycles. The third-order valence-electron chi connectivity index (χ3n) is 1.12. The molecule has 76 valence electrons. The van der Waals surface area contributed by atoms with E-state index in [1.165, 1.54) is 7.11 Å². The summed E-state index contributed by atoms with van der Waals surface area (Å²) in [5, 5.41) is 5.86. The molecule has 0 fully saturated rings. The molecule has 1 unspecified atom stereocenters. The first-order valence-corrected chi connectivity index (χ1v) is 4.13. The van der Waals surface area contributed by atoms with Crippen LogP contribution in [0.5, 0.6) is 0 Å². The molecule has 7 nitrogen and oxygen atoms in total. The Bertz CT molecular complexity index is 354. The van der Waals surface area contributed by atoms with Gasteiger partial charge in [-0.3, -0.25) is 4.79 Å². The second-order valence-corrected chi connectivity index (χ2v) is 2.84. The maximum absolute atomic E-state index is 13.1. The molecule has 1 aromatic heterocycles. The van der Waals surface area contributed by atoms with Crippen molar-refractivity contribution in [2.45, 2.75) is 6.17 Å². The van der Waals surface area contributed by atoms with Crippen LogP contribution in [0.4, 0.5) is 9.52 Å². The van der Waals surface area contributed by atoms with Gasteiger partial charge in [0.15, 0.2) is 11.0 Å². The number of alkyl halides is 1. The summed E-state index contributed by atoms with van der Waals surface area (Å²) in [6.07, 6.45) is -2.05. The lowest BCUT2D eigenvalue weighted by molar-refractivity contribution is -0.124. The number of hydrogen-bond acceptors (Lipinski definition) is 7. The summed E-state index contributed by atoms with van der Waals surface area (Å²) >= 11 is 0.795. The van der Waals surface area contributed by atoms with Gasteiger partial charge in [0, 0.05) is 16.8 Å². The van der Waals surface area contributed by atoms with E-state index in [1.807, 2.05) is 0 Å². The lowest BCUT2D eigenvalue weighted by Crippen LogP contribution is -2.06. The molecule has 1 heterocycles. The second kappa shape index (κ2) is 4.56. The molecule has 0 aromatic carbocycles. The summed E-state index contributed by atoms with van der Waals surface area (Å²) in [6, 6.07) is 0. The van der Waals surface area contributed by atoms with Crippen molar-refractivity contribution >= 4 is 22.6 Å². The average molecular weight is 219 g/mol. The standard InChI is InChI=1S/C5H6FN5O2S/c1-13-11-9-4(12)2(6)3-8-5(7)14-10-3/h2H,1H3,(H2,7,8,10)/b11-9-. The first kappa shape index (κ1) is 10.4. The highest BCUT2D eigenvalue weighted by Crippen LogP contribution is 2.18. The molecule has 1 amide bonds. The largest absolute Gasteiger partial charge is 0.383 e. The Hall–Kier alpha value is -1.64. The SMILES string of the molecule is CO/N=N\C(=O)C(F)c1nsc(N)n1. The van der Waals surface area contributed by atoms with E-state index in [-0.39, 0.29) is 11.0 Å². The molecule has 0 saturated carbocycles. The van der Waals surface area contributed by atoms with Crippen molar-refractivity contribution in [2.75, 3.05) is 12.8 Å². The molecular weight excluding hydrogens is 213 g/mol. The molecule has 1 rings (SSSR count). The van der Waals surface area contributed by atoms with Crippen LogP contribution in [0.3, 0.4) is 0 Å². The van der Waals surface area contributed by atoms with Crippen LogP contribution in [0.2, 0.25) is 0 Å². The number of halogens is 1. The van der Waals surface area contributed by atoms with E-state index in [0.29, 0.717) is 0 Å². The molecule has 0 bridgehead atoms. The Morgan fingerprint density at radius 3 is 3.00 bits per heavy atom. The van der Waals surface area contributed by atoms with Gasteiger partial charge in [0.2, 0.25) is 6.17 Å². The van der Waals surface area contributed by atoms with Crippen LogP contribution in [0.25, 0.3) is 0 Å². The smallest absolute Gasteiger partial charge is 0.309 e. The number of nitrogens with zero attached hydrogens (tertiary/aromatic N) is 4. The van der Waals surface area contributed by atoms with Crippen molar-refractivity contribution in [3.05, 3.63) is 5.82 Å². The third-order valence-corrected chi connectivity index (χ3v) is 1.68. The monoisotopic (exact) mass is 219 g/mol. The number of carbonyl (C=O) groups excluding carboxylic acids is 1. The average Bonchev–Trinajstić information content (AvgIpc) is 2.60. The molecule has 0 spiro atoms. The minimum absolute atomic E-state index is 0.0825. The van der Waals surface area contributed by atoms with Gasteiger partial charge in [0.05, 0.1) is 0 Å². The minimum atomic E-state index is -2.05. The van der Waals surface area contributed by atoms with Crippen molar-refractivity contribution in [1.82, 2.24) is 9.36 Å². The molecule has 2 N–H and O–H groups in total. The Balaban J connectivity index is 2.70. The summed E-state index contributed by atoms with van der Waals surface area (Å²) in [7, 11) is 1.18. The van der Waals surface area contributed by atoms with Gasteiger partial charge < -0.3 is 10.6 Å². The maximum Gasteiger partial charge on any atom is 0.309 e. The van der Waals surface area contributed by atoms with Gasteiger partial charge >= 0.3 is 5.91 Å². The van der Waals surface area contributed by atoms with Crippen LogP contribution in [0, 0.1) is 0 Å². The molecule has 1 atom stereocenters. The Morgan fingerprint density at radius 2 is 2.50 bits per heavy atom. The van der Waals surface area contributed by atoms with Gasteiger partial charge in [-0.05, 0) is 0 Å². The predicted octanol–water partition coefficient (Wildman–Crippen LogP) is 0.671. The number of nitrogens with two attached hydrogens (primary N) is 1. The lowest BCUT2D eigenvalue weighted by Gasteiger charge is -1.95. The second-order valence-electron chi connectivity index (χ2n) is 2.06. The molecule has 1 aromatic rings. The summed E-state index contributed by atoms with van der Waals surface area (Å²) in [6.45, 7) is 0. The quantitative estimate of drug-likeness (QED) is 0.594. The van der Waals surface area contributed by atoms with Crippen LogP contribution >= 0.6 is 11.5 Å². The van der Waals surface area contributed by atoms with Crippen LogP contribution in [0.15, 0.2) is 10.4 Å². The molecule has 0 radical (unpaired) electrons. The van der Waals surface area contributed by atoms with E-state index in [4.69, 9.17) is 5.73 Å². The molecule has 0 saturated heterocycles. The van der Waals surface area contributed by atoms with Gasteiger partial charge in [-0.2, -0.15) is 9.36 Å². The van der Waals surface area contributed by atoms with E-state index in [0.717, 1.165) is 11.5 Å². The normalized spacial score (nSPS) is 13.0. The topological polar surface area (TPSA) is 103 Å². The Kier molecular flexibility index (Phi) is 3.40. The summed E-state index contributed by atoms with van der Waals surface area (Å²) in [4.78, 5) is 18.5. The zero-order chi connectivity index (χ0) is 10.6. The van der Waals surface area contributed by atoms with Crippen molar-refractivity contribution in [3.8, 4) is 0 Å². The number of amides is 1. The third kappa shape index (κ3) is 2.42. The summed E-state index contributed by atoms with van der Waals surface area (Å²) in [5.74, 6) is -1.45. The highest BCUT2D eigenvalue weighted by molar-refractivity contribution is 7.09. The zero-order valence-corrected chi connectivity index (χ0v) is 7.86. The fourth-order valence-corrected chi connectivity index (χ4v) is 1.05. The molecule has 0 aliphatic rings. The zero-order valence-electron chi connectivity index (χ0n) is 7.05. The Labute approximate surface area is 81.9 Å². The number of anilines is 1. The van der Waals surface area contributed by atoms with Crippen molar-refractivity contribution in [3.63, 3.8) is 0 Å². The maximum atomic E-state index is 13.1. The van der Waals surface area contributed by atoms with Crippen LogP contribution < -0.4 is 5.73 Å². The highest BCUT2D eigenvalue weighted by Gasteiger charge is 2.24. The fourth-order valence-electron chi connectivity index (χ4n) is 0.592. The number of nitrogen functional groups attached to an aromatic ring is 1. The number of aromatic nitrogens is 2. The predicted molar refractivity (Wildman–Crippen MR) is 45.0 cm³/mol. The lowest BCUT2D eigenvalue weighted by atomic mass is 10.3. The molecule has 0 aliphatic carbocycles. The fraction of sp³-hybridized carbons (Fsp3) is 0.400.